The quantitative estimate of drug-likeness (QED) is 0.774. The van der Waals surface area contributed by atoms with E-state index in [0.29, 0.717) is 6.54 Å². The first-order chi connectivity index (χ1) is 11.2. The van der Waals surface area contributed by atoms with Gasteiger partial charge in [-0.05, 0) is 29.8 Å². The summed E-state index contributed by atoms with van der Waals surface area (Å²) in [6, 6.07) is 10.7. The van der Waals surface area contributed by atoms with Crippen LogP contribution in [-0.4, -0.2) is 34.9 Å². The summed E-state index contributed by atoms with van der Waals surface area (Å²) in [5.41, 5.74) is 3.43. The number of nitrogens with one attached hydrogen (secondary N) is 2. The van der Waals surface area contributed by atoms with Crippen molar-refractivity contribution in [1.82, 2.24) is 14.8 Å². The van der Waals surface area contributed by atoms with Crippen molar-refractivity contribution in [2.45, 2.75) is 6.54 Å². The minimum Gasteiger partial charge on any atom is -0.382 e. The second kappa shape index (κ2) is 5.58. The fourth-order valence-electron chi connectivity index (χ4n) is 2.81. The highest BCUT2D eigenvalue weighted by molar-refractivity contribution is 7.15. The van der Waals surface area contributed by atoms with Crippen LogP contribution in [0.4, 0.5) is 11.4 Å². The zero-order valence-corrected chi connectivity index (χ0v) is 13.6. The second-order valence-electron chi connectivity index (χ2n) is 5.64. The standard InChI is InChI=1S/C16H17N5OS/c1-20-7-6-17-13-8-11(2-4-14(13)20)15-5-3-12(23-15)9-21-10-18-19-16(21)22/h2-5,8,10,17H,6-7,9H2,1H3,(H,19,22). The Kier molecular flexibility index (Phi) is 3.42. The van der Waals surface area contributed by atoms with Gasteiger partial charge in [0.1, 0.15) is 6.33 Å². The Morgan fingerprint density at radius 3 is 3.04 bits per heavy atom. The number of likely N-dealkylation sites (N-methyl/N-ethyl adjacent to an activating group) is 1. The van der Waals surface area contributed by atoms with Crippen LogP contribution in [0, 0.1) is 0 Å². The van der Waals surface area contributed by atoms with Gasteiger partial charge < -0.3 is 10.2 Å². The van der Waals surface area contributed by atoms with Gasteiger partial charge in [-0.2, -0.15) is 5.10 Å². The lowest BCUT2D eigenvalue weighted by Crippen LogP contribution is -2.30. The number of fused-ring (bicyclic) bond motifs is 1. The molecule has 1 aliphatic rings. The van der Waals surface area contributed by atoms with Crippen LogP contribution < -0.4 is 15.9 Å². The number of benzene rings is 1. The van der Waals surface area contributed by atoms with E-state index >= 15 is 0 Å². The molecule has 6 nitrogen and oxygen atoms in total. The first kappa shape index (κ1) is 14.1. The largest absolute Gasteiger partial charge is 0.382 e. The third-order valence-corrected chi connectivity index (χ3v) is 5.18. The second-order valence-corrected chi connectivity index (χ2v) is 6.80. The summed E-state index contributed by atoms with van der Waals surface area (Å²) in [6.07, 6.45) is 1.53. The van der Waals surface area contributed by atoms with Crippen molar-refractivity contribution in [3.8, 4) is 10.4 Å². The number of aromatic nitrogens is 3. The first-order valence-electron chi connectivity index (χ1n) is 7.49. The maximum Gasteiger partial charge on any atom is 0.343 e. The van der Waals surface area contributed by atoms with E-state index in [0.717, 1.165) is 18.0 Å². The molecule has 118 valence electrons. The maximum atomic E-state index is 11.5. The summed E-state index contributed by atoms with van der Waals surface area (Å²) < 4.78 is 1.57. The number of hydrogen-bond donors (Lipinski definition) is 2. The zero-order chi connectivity index (χ0) is 15.8. The average Bonchev–Trinajstić information content (AvgIpc) is 3.18. The molecule has 0 saturated carbocycles. The minimum absolute atomic E-state index is 0.180. The van der Waals surface area contributed by atoms with E-state index in [2.05, 4.69) is 57.8 Å². The van der Waals surface area contributed by atoms with Crippen molar-refractivity contribution in [1.29, 1.82) is 0 Å². The van der Waals surface area contributed by atoms with Gasteiger partial charge in [0.05, 0.1) is 17.9 Å². The van der Waals surface area contributed by atoms with E-state index in [1.54, 1.807) is 15.9 Å². The van der Waals surface area contributed by atoms with Gasteiger partial charge in [0.25, 0.3) is 0 Å². The molecule has 0 amide bonds. The van der Waals surface area contributed by atoms with Gasteiger partial charge in [-0.25, -0.2) is 9.89 Å². The minimum atomic E-state index is -0.180. The van der Waals surface area contributed by atoms with Crippen LogP contribution in [0.25, 0.3) is 10.4 Å². The Balaban J connectivity index is 1.62. The Labute approximate surface area is 137 Å². The lowest BCUT2D eigenvalue weighted by Gasteiger charge is -2.28. The summed E-state index contributed by atoms with van der Waals surface area (Å²) in [7, 11) is 2.12. The highest BCUT2D eigenvalue weighted by Crippen LogP contribution is 2.35. The van der Waals surface area contributed by atoms with Crippen molar-refractivity contribution in [3.63, 3.8) is 0 Å². The van der Waals surface area contributed by atoms with E-state index in [1.807, 2.05) is 0 Å². The van der Waals surface area contributed by atoms with E-state index in [1.165, 1.54) is 28.1 Å². The van der Waals surface area contributed by atoms with Gasteiger partial charge in [-0.3, -0.25) is 4.57 Å². The molecule has 1 aliphatic heterocycles. The van der Waals surface area contributed by atoms with Gasteiger partial charge in [0.15, 0.2) is 0 Å². The molecule has 2 aromatic heterocycles. The molecule has 0 fully saturated rings. The summed E-state index contributed by atoms with van der Waals surface area (Å²) in [4.78, 5) is 16.1. The molecule has 0 spiro atoms. The molecule has 4 rings (SSSR count). The average molecular weight is 327 g/mol. The molecule has 1 aromatic carbocycles. The summed E-state index contributed by atoms with van der Waals surface area (Å²) in [5.74, 6) is 0. The predicted molar refractivity (Wildman–Crippen MR) is 93.5 cm³/mol. The number of aromatic amines is 1. The molecule has 3 heterocycles. The smallest absolute Gasteiger partial charge is 0.343 e. The summed E-state index contributed by atoms with van der Waals surface area (Å²) >= 11 is 1.70. The van der Waals surface area contributed by atoms with Gasteiger partial charge >= 0.3 is 5.69 Å². The van der Waals surface area contributed by atoms with E-state index in [4.69, 9.17) is 0 Å². The van der Waals surface area contributed by atoms with Crippen LogP contribution in [0.2, 0.25) is 0 Å². The molecular weight excluding hydrogens is 310 g/mol. The fourth-order valence-corrected chi connectivity index (χ4v) is 3.81. The van der Waals surface area contributed by atoms with Crippen molar-refractivity contribution >= 4 is 22.7 Å². The van der Waals surface area contributed by atoms with Crippen LogP contribution in [0.15, 0.2) is 41.5 Å². The number of hydrogen-bond acceptors (Lipinski definition) is 5. The van der Waals surface area contributed by atoms with Crippen LogP contribution in [-0.2, 0) is 6.54 Å². The third kappa shape index (κ3) is 2.63. The zero-order valence-electron chi connectivity index (χ0n) is 12.7. The number of thiophene rings is 1. The predicted octanol–water partition coefficient (Wildman–Crippen LogP) is 2.21. The topological polar surface area (TPSA) is 66.0 Å². The lowest BCUT2D eigenvalue weighted by atomic mass is 10.1. The number of anilines is 2. The van der Waals surface area contributed by atoms with Crippen molar-refractivity contribution in [2.24, 2.45) is 0 Å². The van der Waals surface area contributed by atoms with Crippen LogP contribution >= 0.6 is 11.3 Å². The van der Waals surface area contributed by atoms with Crippen molar-refractivity contribution in [3.05, 3.63) is 52.0 Å². The van der Waals surface area contributed by atoms with Crippen LogP contribution in [0.5, 0.6) is 0 Å². The summed E-state index contributed by atoms with van der Waals surface area (Å²) in [5, 5.41) is 9.63. The van der Waals surface area contributed by atoms with Gasteiger partial charge in [0.2, 0.25) is 0 Å². The molecule has 23 heavy (non-hydrogen) atoms. The highest BCUT2D eigenvalue weighted by Gasteiger charge is 2.14. The lowest BCUT2D eigenvalue weighted by molar-refractivity contribution is 0.772. The van der Waals surface area contributed by atoms with Crippen molar-refractivity contribution < 1.29 is 0 Å². The molecule has 0 radical (unpaired) electrons. The Hall–Kier alpha value is -2.54. The Morgan fingerprint density at radius 1 is 1.30 bits per heavy atom. The summed E-state index contributed by atoms with van der Waals surface area (Å²) in [6.45, 7) is 2.53. The van der Waals surface area contributed by atoms with Crippen molar-refractivity contribution in [2.75, 3.05) is 30.4 Å². The van der Waals surface area contributed by atoms with Crippen LogP contribution in [0.3, 0.4) is 0 Å². The van der Waals surface area contributed by atoms with Gasteiger partial charge in [-0.1, -0.05) is 6.07 Å². The number of H-pyrrole nitrogens is 1. The first-order valence-corrected chi connectivity index (χ1v) is 8.30. The maximum absolute atomic E-state index is 11.5. The van der Waals surface area contributed by atoms with Gasteiger partial charge in [0, 0.05) is 29.9 Å². The number of nitrogens with zero attached hydrogens (tertiary/aromatic N) is 3. The molecule has 0 atom stereocenters. The van der Waals surface area contributed by atoms with Crippen LogP contribution in [0.1, 0.15) is 4.88 Å². The Bertz CT molecular complexity index is 894. The van der Waals surface area contributed by atoms with E-state index < -0.39 is 0 Å². The molecule has 0 unspecified atom stereocenters. The highest BCUT2D eigenvalue weighted by atomic mass is 32.1. The molecule has 2 N–H and O–H groups in total. The fraction of sp³-hybridized carbons (Fsp3) is 0.250. The SMILES string of the molecule is CN1CCNc2cc(-c3ccc(Cn4cn[nH]c4=O)s3)ccc21. The van der Waals surface area contributed by atoms with E-state index in [-0.39, 0.29) is 5.69 Å². The van der Waals surface area contributed by atoms with E-state index in [9.17, 15) is 4.79 Å². The van der Waals surface area contributed by atoms with Gasteiger partial charge in [-0.15, -0.1) is 11.3 Å². The number of rotatable bonds is 3. The molecule has 0 aliphatic carbocycles. The monoisotopic (exact) mass is 327 g/mol. The normalized spacial score (nSPS) is 13.7. The third-order valence-electron chi connectivity index (χ3n) is 4.06. The molecular formula is C16H17N5OS. The molecule has 7 heteroatoms. The Morgan fingerprint density at radius 2 is 2.22 bits per heavy atom. The molecule has 0 saturated heterocycles. The molecule has 3 aromatic rings. The molecule has 0 bridgehead atoms.